The molecule has 0 radical (unpaired) electrons. The van der Waals surface area contributed by atoms with E-state index < -0.39 is 12.1 Å². The molecule has 1 aliphatic rings. The van der Waals surface area contributed by atoms with Gasteiger partial charge in [0.2, 0.25) is 0 Å². The van der Waals surface area contributed by atoms with Gasteiger partial charge in [0.25, 0.3) is 0 Å². The van der Waals surface area contributed by atoms with Gasteiger partial charge in [0.05, 0.1) is 7.11 Å². The molecule has 1 heterocycles. The van der Waals surface area contributed by atoms with Gasteiger partial charge in [-0.1, -0.05) is 6.07 Å². The summed E-state index contributed by atoms with van der Waals surface area (Å²) >= 11 is 0. The van der Waals surface area contributed by atoms with E-state index in [1.165, 1.54) is 7.11 Å². The third-order valence-electron chi connectivity index (χ3n) is 2.67. The van der Waals surface area contributed by atoms with Crippen molar-refractivity contribution in [3.63, 3.8) is 0 Å². The van der Waals surface area contributed by atoms with Crippen LogP contribution in [0.1, 0.15) is 11.1 Å². The number of benzene rings is 1. The minimum absolute atomic E-state index is 0.00231. The molecule has 0 bridgehead atoms. The van der Waals surface area contributed by atoms with E-state index in [4.69, 9.17) is 4.74 Å². The van der Waals surface area contributed by atoms with Gasteiger partial charge in [-0.15, -0.1) is 0 Å². The summed E-state index contributed by atoms with van der Waals surface area (Å²) in [5.41, 5.74) is 1.42. The van der Waals surface area contributed by atoms with Gasteiger partial charge in [-0.2, -0.15) is 13.2 Å². The monoisotopic (exact) mass is 245 g/mol. The van der Waals surface area contributed by atoms with Crippen molar-refractivity contribution in [1.29, 1.82) is 0 Å². The largest absolute Gasteiger partial charge is 0.497 e. The van der Waals surface area contributed by atoms with Crippen molar-refractivity contribution >= 4 is 5.91 Å². The van der Waals surface area contributed by atoms with Gasteiger partial charge in [0.1, 0.15) is 5.75 Å². The van der Waals surface area contributed by atoms with E-state index in [9.17, 15) is 18.0 Å². The Hall–Kier alpha value is -1.72. The quantitative estimate of drug-likeness (QED) is 0.758. The topological polar surface area (TPSA) is 29.5 Å². The summed E-state index contributed by atoms with van der Waals surface area (Å²) in [6.45, 7) is -0.0253. The molecule has 1 aliphatic heterocycles. The molecular weight excluding hydrogens is 235 g/mol. The molecule has 3 nitrogen and oxygen atoms in total. The molecule has 0 atom stereocenters. The zero-order chi connectivity index (χ0) is 12.6. The highest BCUT2D eigenvalue weighted by atomic mass is 19.4. The first-order valence-corrected chi connectivity index (χ1v) is 4.93. The molecule has 2 rings (SSSR count). The summed E-state index contributed by atoms with van der Waals surface area (Å²) < 4.78 is 41.7. The first-order valence-electron chi connectivity index (χ1n) is 4.93. The minimum Gasteiger partial charge on any atom is -0.497 e. The molecule has 1 aromatic rings. The fraction of sp³-hybridized carbons (Fsp3) is 0.364. The molecule has 0 fully saturated rings. The van der Waals surface area contributed by atoms with Crippen LogP contribution in [0.5, 0.6) is 5.75 Å². The Bertz CT molecular complexity index is 457. The standard InChI is InChI=1S/C11H10F3NO2/c1-17-9-3-2-7-5-15(6-8(7)4-9)10(16)11(12,13)14/h2-4H,5-6H2,1H3. The summed E-state index contributed by atoms with van der Waals surface area (Å²) in [7, 11) is 1.48. The van der Waals surface area contributed by atoms with Crippen LogP contribution in [0.4, 0.5) is 13.2 Å². The van der Waals surface area contributed by atoms with Crippen LogP contribution in [0.2, 0.25) is 0 Å². The lowest BCUT2D eigenvalue weighted by Crippen LogP contribution is -2.37. The summed E-state index contributed by atoms with van der Waals surface area (Å²) in [6.07, 6.45) is -4.81. The van der Waals surface area contributed by atoms with Crippen LogP contribution in [0.3, 0.4) is 0 Å². The van der Waals surface area contributed by atoms with Crippen LogP contribution >= 0.6 is 0 Å². The molecule has 0 aliphatic carbocycles. The van der Waals surface area contributed by atoms with Crippen LogP contribution in [-0.4, -0.2) is 24.1 Å². The molecule has 17 heavy (non-hydrogen) atoms. The Morgan fingerprint density at radius 1 is 1.29 bits per heavy atom. The van der Waals surface area contributed by atoms with Gasteiger partial charge >= 0.3 is 12.1 Å². The zero-order valence-electron chi connectivity index (χ0n) is 9.04. The summed E-state index contributed by atoms with van der Waals surface area (Å²) in [6, 6.07) is 5.00. The first kappa shape index (κ1) is 11.8. The number of rotatable bonds is 1. The normalized spacial score (nSPS) is 14.7. The maximum atomic E-state index is 12.3. The minimum atomic E-state index is -4.81. The number of alkyl halides is 3. The van der Waals surface area contributed by atoms with Crippen molar-refractivity contribution in [3.8, 4) is 5.75 Å². The van der Waals surface area contributed by atoms with Gasteiger partial charge in [-0.3, -0.25) is 4.79 Å². The zero-order valence-corrected chi connectivity index (χ0v) is 9.04. The Morgan fingerprint density at radius 2 is 1.94 bits per heavy atom. The van der Waals surface area contributed by atoms with E-state index in [0.717, 1.165) is 10.5 Å². The Kier molecular flexibility index (Phi) is 2.73. The van der Waals surface area contributed by atoms with Crippen molar-refractivity contribution in [3.05, 3.63) is 29.3 Å². The number of hydrogen-bond donors (Lipinski definition) is 0. The van der Waals surface area contributed by atoms with E-state index in [1.807, 2.05) is 0 Å². The summed E-state index contributed by atoms with van der Waals surface area (Å²) in [5.74, 6) is -1.22. The molecular formula is C11H10F3NO2. The van der Waals surface area contributed by atoms with E-state index >= 15 is 0 Å². The van der Waals surface area contributed by atoms with Gasteiger partial charge in [-0.05, 0) is 23.3 Å². The Labute approximate surface area is 95.8 Å². The second kappa shape index (κ2) is 3.94. The average Bonchev–Trinajstić information content (AvgIpc) is 2.68. The SMILES string of the molecule is COc1ccc2c(c1)CN(C(=O)C(F)(F)F)C2. The third kappa shape index (κ3) is 2.20. The summed E-state index contributed by atoms with van der Waals surface area (Å²) in [5, 5.41) is 0. The number of carbonyl (C=O) groups excluding carboxylic acids is 1. The fourth-order valence-corrected chi connectivity index (χ4v) is 1.82. The van der Waals surface area contributed by atoms with E-state index in [-0.39, 0.29) is 13.1 Å². The van der Waals surface area contributed by atoms with Crippen molar-refractivity contribution in [2.24, 2.45) is 0 Å². The number of halogens is 3. The third-order valence-corrected chi connectivity index (χ3v) is 2.67. The van der Waals surface area contributed by atoms with Crippen molar-refractivity contribution < 1.29 is 22.7 Å². The highest BCUT2D eigenvalue weighted by Crippen LogP contribution is 2.29. The van der Waals surface area contributed by atoms with Gasteiger partial charge in [0, 0.05) is 13.1 Å². The highest BCUT2D eigenvalue weighted by Gasteiger charge is 2.43. The highest BCUT2D eigenvalue weighted by molar-refractivity contribution is 5.82. The van der Waals surface area contributed by atoms with E-state index in [2.05, 4.69) is 0 Å². The Morgan fingerprint density at radius 3 is 2.53 bits per heavy atom. The molecule has 0 aromatic heterocycles. The second-order valence-corrected chi connectivity index (χ2v) is 3.79. The molecule has 0 saturated heterocycles. The first-order chi connectivity index (χ1) is 7.91. The number of carbonyl (C=O) groups is 1. The molecule has 1 aromatic carbocycles. The molecule has 92 valence electrons. The number of hydrogen-bond acceptors (Lipinski definition) is 2. The van der Waals surface area contributed by atoms with E-state index in [1.54, 1.807) is 18.2 Å². The van der Waals surface area contributed by atoms with Crippen LogP contribution < -0.4 is 4.74 Å². The smallest absolute Gasteiger partial charge is 0.471 e. The summed E-state index contributed by atoms with van der Waals surface area (Å²) in [4.78, 5) is 11.8. The molecule has 0 N–H and O–H groups in total. The van der Waals surface area contributed by atoms with E-state index in [0.29, 0.717) is 11.3 Å². The second-order valence-electron chi connectivity index (χ2n) is 3.79. The van der Waals surface area contributed by atoms with Crippen LogP contribution in [0, 0.1) is 0 Å². The lowest BCUT2D eigenvalue weighted by Gasteiger charge is -2.16. The average molecular weight is 245 g/mol. The maximum absolute atomic E-state index is 12.3. The molecule has 0 saturated carbocycles. The Balaban J connectivity index is 2.19. The lowest BCUT2D eigenvalue weighted by atomic mass is 10.1. The lowest BCUT2D eigenvalue weighted by molar-refractivity contribution is -0.186. The van der Waals surface area contributed by atoms with Gasteiger partial charge in [0.15, 0.2) is 0 Å². The number of methoxy groups -OCH3 is 1. The van der Waals surface area contributed by atoms with Crippen molar-refractivity contribution in [2.75, 3.05) is 7.11 Å². The maximum Gasteiger partial charge on any atom is 0.471 e. The molecule has 6 heteroatoms. The van der Waals surface area contributed by atoms with Crippen LogP contribution in [0.25, 0.3) is 0 Å². The molecule has 0 unspecified atom stereocenters. The number of amides is 1. The van der Waals surface area contributed by atoms with Crippen LogP contribution in [0.15, 0.2) is 18.2 Å². The van der Waals surface area contributed by atoms with Crippen molar-refractivity contribution in [1.82, 2.24) is 4.90 Å². The number of nitrogens with zero attached hydrogens (tertiary/aromatic N) is 1. The predicted molar refractivity (Wildman–Crippen MR) is 53.3 cm³/mol. The fourth-order valence-electron chi connectivity index (χ4n) is 1.82. The number of ether oxygens (including phenoxy) is 1. The van der Waals surface area contributed by atoms with Crippen LogP contribution in [-0.2, 0) is 17.9 Å². The van der Waals surface area contributed by atoms with Gasteiger partial charge < -0.3 is 9.64 Å². The van der Waals surface area contributed by atoms with Crippen molar-refractivity contribution in [2.45, 2.75) is 19.3 Å². The molecule has 1 amide bonds. The van der Waals surface area contributed by atoms with Gasteiger partial charge in [-0.25, -0.2) is 0 Å². The number of fused-ring (bicyclic) bond motifs is 1. The molecule has 0 spiro atoms. The predicted octanol–water partition coefficient (Wildman–Crippen LogP) is 2.10.